The third-order valence-corrected chi connectivity index (χ3v) is 4.25. The third-order valence-electron chi connectivity index (χ3n) is 3.39. The van der Waals surface area contributed by atoms with Crippen LogP contribution in [0.1, 0.15) is 18.7 Å². The number of hydrogen-bond donors (Lipinski definition) is 1. The van der Waals surface area contributed by atoms with Gasteiger partial charge in [0.15, 0.2) is 0 Å². The monoisotopic (exact) mass is 307 g/mol. The lowest BCUT2D eigenvalue weighted by Gasteiger charge is -2.08. The van der Waals surface area contributed by atoms with Crippen LogP contribution in [0.2, 0.25) is 0 Å². The molecule has 0 spiro atoms. The van der Waals surface area contributed by atoms with Crippen molar-refractivity contribution < 1.29 is 14.1 Å². The molecule has 0 bridgehead atoms. The van der Waals surface area contributed by atoms with Gasteiger partial charge in [-0.3, -0.25) is 4.79 Å². The molecule has 0 aliphatic carbocycles. The van der Waals surface area contributed by atoms with Crippen LogP contribution in [0.15, 0.2) is 22.0 Å². The van der Waals surface area contributed by atoms with Crippen molar-refractivity contribution >= 4 is 17.2 Å². The summed E-state index contributed by atoms with van der Waals surface area (Å²) in [6, 6.07) is 3.88. The van der Waals surface area contributed by atoms with Crippen molar-refractivity contribution in [3.63, 3.8) is 0 Å². The van der Waals surface area contributed by atoms with Crippen molar-refractivity contribution in [1.29, 1.82) is 0 Å². The number of nitrogens with one attached hydrogen (secondary N) is 1. The maximum absolute atomic E-state index is 11.8. The average molecular weight is 307 g/mol. The highest BCUT2D eigenvalue weighted by molar-refractivity contribution is 7.13. The van der Waals surface area contributed by atoms with Crippen LogP contribution >= 0.6 is 11.3 Å². The van der Waals surface area contributed by atoms with Gasteiger partial charge in [-0.25, -0.2) is 0 Å². The second-order valence-electron chi connectivity index (χ2n) is 5.02. The van der Waals surface area contributed by atoms with Crippen molar-refractivity contribution in [2.75, 3.05) is 19.8 Å². The van der Waals surface area contributed by atoms with Crippen LogP contribution < -0.4 is 5.32 Å². The zero-order valence-corrected chi connectivity index (χ0v) is 12.4. The Hall–Kier alpha value is -1.73. The average Bonchev–Trinajstić information content (AvgIpc) is 3.24. The summed E-state index contributed by atoms with van der Waals surface area (Å²) in [7, 11) is 0. The minimum atomic E-state index is 0.0118. The van der Waals surface area contributed by atoms with Crippen molar-refractivity contribution in [3.05, 3.63) is 23.4 Å². The molecule has 7 heteroatoms. The molecule has 0 unspecified atom stereocenters. The Labute approximate surface area is 126 Å². The molecule has 1 fully saturated rings. The normalized spacial score (nSPS) is 18.0. The number of rotatable bonds is 6. The van der Waals surface area contributed by atoms with E-state index in [1.165, 1.54) is 0 Å². The van der Waals surface area contributed by atoms with E-state index in [4.69, 9.17) is 9.26 Å². The molecule has 1 N–H and O–H groups in total. The first kappa shape index (κ1) is 14.2. The Morgan fingerprint density at radius 2 is 2.48 bits per heavy atom. The molecule has 0 radical (unpaired) electrons. The Morgan fingerprint density at radius 3 is 3.24 bits per heavy atom. The van der Waals surface area contributed by atoms with Gasteiger partial charge in [0.1, 0.15) is 0 Å². The number of nitrogens with zero attached hydrogens (tertiary/aromatic N) is 2. The third kappa shape index (κ3) is 3.89. The van der Waals surface area contributed by atoms with Gasteiger partial charge in [0.25, 0.3) is 0 Å². The van der Waals surface area contributed by atoms with Crippen LogP contribution in [0.5, 0.6) is 0 Å². The predicted octanol–water partition coefficient (Wildman–Crippen LogP) is 1.88. The molecule has 1 amide bonds. The molecule has 6 nitrogen and oxygen atoms in total. The number of ether oxygens (including phenoxy) is 1. The van der Waals surface area contributed by atoms with Gasteiger partial charge in [0, 0.05) is 31.9 Å². The number of aryl methyl sites for hydroxylation is 1. The minimum absolute atomic E-state index is 0.0118. The molecule has 1 aliphatic rings. The Bertz CT molecular complexity index is 576. The maximum atomic E-state index is 11.8. The summed E-state index contributed by atoms with van der Waals surface area (Å²) in [6.07, 6.45) is 1.85. The Balaban J connectivity index is 1.43. The van der Waals surface area contributed by atoms with Gasteiger partial charge in [-0.05, 0) is 17.9 Å². The van der Waals surface area contributed by atoms with Crippen molar-refractivity contribution in [2.45, 2.75) is 19.3 Å². The summed E-state index contributed by atoms with van der Waals surface area (Å²) in [5.74, 6) is 1.54. The molecule has 1 saturated heterocycles. The zero-order valence-electron chi connectivity index (χ0n) is 11.6. The van der Waals surface area contributed by atoms with E-state index >= 15 is 0 Å². The topological polar surface area (TPSA) is 77.2 Å². The molecule has 2 aromatic heterocycles. The van der Waals surface area contributed by atoms with Crippen LogP contribution in [0, 0.1) is 5.92 Å². The molecule has 112 valence electrons. The van der Waals surface area contributed by atoms with E-state index < -0.39 is 0 Å². The zero-order chi connectivity index (χ0) is 14.5. The van der Waals surface area contributed by atoms with Gasteiger partial charge >= 0.3 is 0 Å². The van der Waals surface area contributed by atoms with E-state index in [1.54, 1.807) is 11.3 Å². The summed E-state index contributed by atoms with van der Waals surface area (Å²) >= 11 is 1.56. The summed E-state index contributed by atoms with van der Waals surface area (Å²) < 4.78 is 10.4. The maximum Gasteiger partial charge on any atom is 0.227 e. The van der Waals surface area contributed by atoms with E-state index in [2.05, 4.69) is 15.5 Å². The quantitative estimate of drug-likeness (QED) is 0.881. The summed E-state index contributed by atoms with van der Waals surface area (Å²) in [5, 5.41) is 8.81. The predicted molar refractivity (Wildman–Crippen MR) is 77.9 cm³/mol. The van der Waals surface area contributed by atoms with E-state index in [0.29, 0.717) is 37.0 Å². The second-order valence-corrected chi connectivity index (χ2v) is 5.97. The number of thiophene rings is 1. The number of aromatic nitrogens is 2. The van der Waals surface area contributed by atoms with E-state index in [-0.39, 0.29) is 5.91 Å². The second kappa shape index (κ2) is 6.82. The summed E-state index contributed by atoms with van der Waals surface area (Å²) in [4.78, 5) is 17.0. The number of amides is 1. The first-order valence-electron chi connectivity index (χ1n) is 7.02. The van der Waals surface area contributed by atoms with Crippen LogP contribution in [0.3, 0.4) is 0 Å². The van der Waals surface area contributed by atoms with Crippen molar-refractivity contribution in [3.8, 4) is 10.7 Å². The molecule has 2 aromatic rings. The van der Waals surface area contributed by atoms with Gasteiger partial charge in [0.2, 0.25) is 17.6 Å². The fourth-order valence-corrected chi connectivity index (χ4v) is 2.82. The number of carbonyl (C=O) groups excluding carboxylic acids is 1. The lowest BCUT2D eigenvalue weighted by Crippen LogP contribution is -2.29. The van der Waals surface area contributed by atoms with Gasteiger partial charge in [0.05, 0.1) is 11.5 Å². The first-order valence-corrected chi connectivity index (χ1v) is 7.90. The minimum Gasteiger partial charge on any atom is -0.381 e. The molecule has 3 rings (SSSR count). The van der Waals surface area contributed by atoms with Gasteiger partial charge in [-0.2, -0.15) is 4.98 Å². The first-order chi connectivity index (χ1) is 10.3. The van der Waals surface area contributed by atoms with E-state index in [1.807, 2.05) is 17.5 Å². The Morgan fingerprint density at radius 1 is 1.52 bits per heavy atom. The number of carbonyl (C=O) groups is 1. The lowest BCUT2D eigenvalue weighted by molar-refractivity contribution is -0.121. The highest BCUT2D eigenvalue weighted by Gasteiger charge is 2.16. The smallest absolute Gasteiger partial charge is 0.227 e. The molecule has 3 heterocycles. The number of hydrogen-bond acceptors (Lipinski definition) is 6. The molecule has 1 aliphatic heterocycles. The van der Waals surface area contributed by atoms with E-state index in [9.17, 15) is 4.79 Å². The van der Waals surface area contributed by atoms with Crippen molar-refractivity contribution in [1.82, 2.24) is 15.5 Å². The Kier molecular flexibility index (Phi) is 4.62. The molecule has 1 atom stereocenters. The SMILES string of the molecule is O=C(CCc1nc(-c2cccs2)no1)NC[C@@H]1CCOC1. The van der Waals surface area contributed by atoms with Crippen LogP contribution in [0.4, 0.5) is 0 Å². The van der Waals surface area contributed by atoms with Crippen LogP contribution in [0.25, 0.3) is 10.7 Å². The standard InChI is InChI=1S/C14H17N3O3S/c18-12(15-8-10-5-6-19-9-10)3-4-13-16-14(17-20-13)11-2-1-7-21-11/h1-2,7,10H,3-6,8-9H2,(H,15,18)/t10-/m0/s1. The van der Waals surface area contributed by atoms with Gasteiger partial charge in [-0.15, -0.1) is 11.3 Å². The molecule has 21 heavy (non-hydrogen) atoms. The molecule has 0 saturated carbocycles. The van der Waals surface area contributed by atoms with Crippen LogP contribution in [-0.4, -0.2) is 35.8 Å². The summed E-state index contributed by atoms with van der Waals surface area (Å²) in [6.45, 7) is 2.23. The molecular weight excluding hydrogens is 290 g/mol. The molecule has 0 aromatic carbocycles. The fraction of sp³-hybridized carbons (Fsp3) is 0.500. The lowest BCUT2D eigenvalue weighted by atomic mass is 10.1. The van der Waals surface area contributed by atoms with Crippen LogP contribution in [-0.2, 0) is 16.0 Å². The van der Waals surface area contributed by atoms with E-state index in [0.717, 1.165) is 24.5 Å². The van der Waals surface area contributed by atoms with Crippen molar-refractivity contribution in [2.24, 2.45) is 5.92 Å². The van der Waals surface area contributed by atoms with Gasteiger partial charge < -0.3 is 14.6 Å². The van der Waals surface area contributed by atoms with Gasteiger partial charge in [-0.1, -0.05) is 11.2 Å². The summed E-state index contributed by atoms with van der Waals surface area (Å²) in [5.41, 5.74) is 0. The fourth-order valence-electron chi connectivity index (χ4n) is 2.17. The largest absolute Gasteiger partial charge is 0.381 e. The highest BCUT2D eigenvalue weighted by Crippen LogP contribution is 2.21. The molecular formula is C14H17N3O3S. The highest BCUT2D eigenvalue weighted by atomic mass is 32.1.